The number of hydrogen-bond donors (Lipinski definition) is 1. The summed E-state index contributed by atoms with van der Waals surface area (Å²) in [5.41, 5.74) is 6.97. The largest absolute Gasteiger partial charge is 0.326 e. The van der Waals surface area contributed by atoms with Gasteiger partial charge in [-0.05, 0) is 48.4 Å². The molecule has 2 atom stereocenters. The summed E-state index contributed by atoms with van der Waals surface area (Å²) in [6.07, 6.45) is 1.86. The molecule has 0 radical (unpaired) electrons. The number of nitrogens with zero attached hydrogens (tertiary/aromatic N) is 7. The van der Waals surface area contributed by atoms with Crippen LogP contribution in [-0.4, -0.2) is 70.6 Å². The number of hydrogen-bond acceptors (Lipinski definition) is 8. The predicted octanol–water partition coefficient (Wildman–Crippen LogP) is 6.25. The summed E-state index contributed by atoms with van der Waals surface area (Å²) < 4.78 is 34.6. The first-order valence-corrected chi connectivity index (χ1v) is 16.7. The van der Waals surface area contributed by atoms with Crippen molar-refractivity contribution in [3.63, 3.8) is 0 Å². The van der Waals surface area contributed by atoms with E-state index in [0.29, 0.717) is 22.1 Å². The van der Waals surface area contributed by atoms with Gasteiger partial charge in [0.1, 0.15) is 24.5 Å². The maximum absolute atomic E-state index is 15.7. The zero-order valence-electron chi connectivity index (χ0n) is 26.8. The van der Waals surface area contributed by atoms with Crippen molar-refractivity contribution in [2.75, 3.05) is 11.9 Å². The van der Waals surface area contributed by atoms with Crippen LogP contribution in [0.5, 0.6) is 0 Å². The normalized spacial score (nSPS) is 16.1. The summed E-state index contributed by atoms with van der Waals surface area (Å²) in [6.45, 7) is 2.62. The molecule has 3 aromatic carbocycles. The number of rotatable bonds is 7. The molecule has 11 nitrogen and oxygen atoms in total. The molecule has 0 saturated carbocycles. The van der Waals surface area contributed by atoms with Gasteiger partial charge < -0.3 is 10.2 Å². The number of carbonyl (C=O) groups excluding carboxylic acids is 3. The van der Waals surface area contributed by atoms with Crippen LogP contribution in [0.25, 0.3) is 49.0 Å². The van der Waals surface area contributed by atoms with Gasteiger partial charge in [0.05, 0.1) is 39.2 Å². The maximum Gasteiger partial charge on any atom is 0.247 e. The van der Waals surface area contributed by atoms with E-state index >= 15 is 4.39 Å². The van der Waals surface area contributed by atoms with Crippen LogP contribution in [0, 0.1) is 12.7 Å². The standard InChI is InChI=1S/C36H28F2N8O3S/c1-19-10-32-39-14-23(15-46(32)42-19)21-6-8-29-26(11-21)35(20(2)47)43-45(29)17-33(48)44-16-24(37)13-30(44)36(49)41-27-5-3-4-25(34(27)38)22-7-9-31-28(12-22)40-18-50-31/h3-12,14-15,18,24,30H,13,16-17H2,1-2H3,(H,41,49)/t24-,30?/m1/s1. The van der Waals surface area contributed by atoms with Crippen LogP contribution >= 0.6 is 11.3 Å². The Morgan fingerprint density at radius 3 is 2.68 bits per heavy atom. The third-order valence-corrected chi connectivity index (χ3v) is 9.72. The fourth-order valence-corrected chi connectivity index (χ4v) is 7.16. The Hall–Kier alpha value is -5.89. The van der Waals surface area contributed by atoms with Crippen LogP contribution in [-0.2, 0) is 16.1 Å². The van der Waals surface area contributed by atoms with Crippen molar-refractivity contribution in [3.8, 4) is 22.3 Å². The monoisotopic (exact) mass is 690 g/mol. The van der Waals surface area contributed by atoms with Crippen LogP contribution in [0.3, 0.4) is 0 Å². The van der Waals surface area contributed by atoms with Crippen LogP contribution < -0.4 is 5.32 Å². The molecule has 250 valence electrons. The lowest BCUT2D eigenvalue weighted by atomic mass is 10.0. The number of alkyl halides is 1. The van der Waals surface area contributed by atoms with E-state index in [1.807, 2.05) is 31.3 Å². The van der Waals surface area contributed by atoms with E-state index in [9.17, 15) is 18.8 Å². The minimum Gasteiger partial charge on any atom is -0.326 e. The highest BCUT2D eigenvalue weighted by molar-refractivity contribution is 7.16. The maximum atomic E-state index is 15.7. The first-order valence-electron chi connectivity index (χ1n) is 15.8. The van der Waals surface area contributed by atoms with Gasteiger partial charge in [-0.15, -0.1) is 11.3 Å². The lowest BCUT2D eigenvalue weighted by Crippen LogP contribution is -2.44. The van der Waals surface area contributed by atoms with Crippen molar-refractivity contribution in [1.82, 2.24) is 34.3 Å². The van der Waals surface area contributed by atoms with Gasteiger partial charge in [-0.3, -0.25) is 19.1 Å². The molecule has 0 spiro atoms. The number of fused-ring (bicyclic) bond motifs is 3. The molecule has 1 aliphatic heterocycles. The zero-order valence-corrected chi connectivity index (χ0v) is 27.6. The van der Waals surface area contributed by atoms with Gasteiger partial charge in [0.15, 0.2) is 17.2 Å². The second kappa shape index (κ2) is 12.2. The van der Waals surface area contributed by atoms with Gasteiger partial charge in [0.25, 0.3) is 0 Å². The minimum atomic E-state index is -1.45. The van der Waals surface area contributed by atoms with E-state index in [1.165, 1.54) is 29.0 Å². The Morgan fingerprint density at radius 2 is 1.84 bits per heavy atom. The van der Waals surface area contributed by atoms with E-state index in [-0.39, 0.29) is 42.2 Å². The number of Topliss-reactive ketones (excluding diaryl/α,β-unsaturated/α-hetero) is 1. The molecule has 0 aliphatic carbocycles. The molecular formula is C36H28F2N8O3S. The van der Waals surface area contributed by atoms with E-state index in [4.69, 9.17) is 0 Å². The number of likely N-dealkylation sites (tertiary alicyclic amines) is 1. The summed E-state index contributed by atoms with van der Waals surface area (Å²) in [5.74, 6) is -2.23. The van der Waals surface area contributed by atoms with Crippen molar-refractivity contribution < 1.29 is 23.2 Å². The summed E-state index contributed by atoms with van der Waals surface area (Å²) in [4.78, 5) is 49.8. The molecule has 1 unspecified atom stereocenters. The SMILES string of the molecule is CC(=O)c1nn(CC(=O)N2C[C@H](F)CC2C(=O)Nc2cccc(-c3ccc4scnc4c3)c2F)c2ccc(-c3cnc4cc(C)nn4c3)cc12. The highest BCUT2D eigenvalue weighted by atomic mass is 32.1. The quantitative estimate of drug-likeness (QED) is 0.196. The fraction of sp³-hybridized carbons (Fsp3) is 0.194. The highest BCUT2D eigenvalue weighted by Gasteiger charge is 2.40. The Labute approximate surface area is 287 Å². The molecule has 5 heterocycles. The number of aryl methyl sites for hydroxylation is 1. The number of carbonyl (C=O) groups is 3. The first-order chi connectivity index (χ1) is 24.1. The number of ketones is 1. The summed E-state index contributed by atoms with van der Waals surface area (Å²) in [5, 5.41) is 12.0. The van der Waals surface area contributed by atoms with E-state index in [0.717, 1.165) is 31.9 Å². The van der Waals surface area contributed by atoms with Crippen LogP contribution in [0.15, 0.2) is 78.6 Å². The predicted molar refractivity (Wildman–Crippen MR) is 185 cm³/mol. The molecule has 14 heteroatoms. The summed E-state index contributed by atoms with van der Waals surface area (Å²) >= 11 is 1.48. The topological polar surface area (TPSA) is 127 Å². The number of nitrogens with one attached hydrogen (secondary N) is 1. The summed E-state index contributed by atoms with van der Waals surface area (Å²) in [7, 11) is 0. The lowest BCUT2D eigenvalue weighted by Gasteiger charge is -2.24. The van der Waals surface area contributed by atoms with E-state index in [2.05, 4.69) is 25.5 Å². The minimum absolute atomic E-state index is 0.0856. The molecule has 7 aromatic rings. The molecule has 1 saturated heterocycles. The summed E-state index contributed by atoms with van der Waals surface area (Å²) in [6, 6.07) is 16.1. The van der Waals surface area contributed by atoms with Gasteiger partial charge in [-0.2, -0.15) is 10.2 Å². The zero-order chi connectivity index (χ0) is 34.7. The van der Waals surface area contributed by atoms with Gasteiger partial charge in [0, 0.05) is 48.3 Å². The lowest BCUT2D eigenvalue weighted by molar-refractivity contribution is -0.137. The molecule has 1 fully saturated rings. The number of amides is 2. The van der Waals surface area contributed by atoms with E-state index < -0.39 is 29.8 Å². The highest BCUT2D eigenvalue weighted by Crippen LogP contribution is 2.32. The van der Waals surface area contributed by atoms with Gasteiger partial charge in [0.2, 0.25) is 11.8 Å². The van der Waals surface area contributed by atoms with Crippen molar-refractivity contribution >= 4 is 61.4 Å². The molecule has 2 amide bonds. The van der Waals surface area contributed by atoms with Crippen LogP contribution in [0.4, 0.5) is 14.5 Å². The average Bonchev–Trinajstić information content (AvgIpc) is 3.89. The molecule has 1 aliphatic rings. The Bertz CT molecular complexity index is 2510. The molecule has 0 bridgehead atoms. The molecule has 4 aromatic heterocycles. The second-order valence-electron chi connectivity index (χ2n) is 12.3. The van der Waals surface area contributed by atoms with Crippen LogP contribution in [0.2, 0.25) is 0 Å². The van der Waals surface area contributed by atoms with Gasteiger partial charge in [-0.25, -0.2) is 23.3 Å². The molecular weight excluding hydrogens is 663 g/mol. The number of anilines is 1. The van der Waals surface area contributed by atoms with Crippen molar-refractivity contribution in [2.45, 2.75) is 39.0 Å². The van der Waals surface area contributed by atoms with Crippen molar-refractivity contribution in [3.05, 3.63) is 95.8 Å². The molecule has 1 N–H and O–H groups in total. The van der Waals surface area contributed by atoms with Gasteiger partial charge in [-0.1, -0.05) is 24.3 Å². The van der Waals surface area contributed by atoms with Gasteiger partial charge >= 0.3 is 0 Å². The van der Waals surface area contributed by atoms with Crippen molar-refractivity contribution in [1.29, 1.82) is 0 Å². The Kier molecular flexibility index (Phi) is 7.67. The number of thiazole rings is 1. The number of benzene rings is 3. The number of halogens is 2. The third kappa shape index (κ3) is 5.56. The fourth-order valence-electron chi connectivity index (χ4n) is 6.50. The van der Waals surface area contributed by atoms with Crippen molar-refractivity contribution in [2.24, 2.45) is 0 Å². The third-order valence-electron chi connectivity index (χ3n) is 8.91. The Balaban J connectivity index is 1.04. The first kappa shape index (κ1) is 31.4. The second-order valence-corrected chi connectivity index (χ2v) is 13.2. The molecule has 8 rings (SSSR count). The average molecular weight is 691 g/mol. The number of aromatic nitrogens is 6. The van der Waals surface area contributed by atoms with Crippen LogP contribution in [0.1, 0.15) is 29.5 Å². The Morgan fingerprint density at radius 1 is 1.00 bits per heavy atom. The smallest absolute Gasteiger partial charge is 0.247 e. The van der Waals surface area contributed by atoms with E-state index in [1.54, 1.807) is 52.6 Å². The molecule has 50 heavy (non-hydrogen) atoms.